The van der Waals surface area contributed by atoms with Crippen LogP contribution < -0.4 is 15.4 Å². The molecule has 3 aromatic carbocycles. The van der Waals surface area contributed by atoms with Gasteiger partial charge < -0.3 is 20.1 Å². The summed E-state index contributed by atoms with van der Waals surface area (Å²) in [5, 5.41) is 8.10. The summed E-state index contributed by atoms with van der Waals surface area (Å²) in [6.45, 7) is 9.64. The van der Waals surface area contributed by atoms with Crippen molar-refractivity contribution >= 4 is 39.8 Å². The summed E-state index contributed by atoms with van der Waals surface area (Å²) < 4.78 is 11.1. The third-order valence-corrected chi connectivity index (χ3v) is 7.54. The summed E-state index contributed by atoms with van der Waals surface area (Å²) in [5.74, 6) is -0.677. The van der Waals surface area contributed by atoms with Gasteiger partial charge in [0.15, 0.2) is 6.10 Å². The summed E-state index contributed by atoms with van der Waals surface area (Å²) >= 11 is 1.27. The summed E-state index contributed by atoms with van der Waals surface area (Å²) in [7, 11) is 0. The van der Waals surface area contributed by atoms with Crippen LogP contribution in [0.3, 0.4) is 0 Å². The first kappa shape index (κ1) is 29.6. The molecule has 0 spiro atoms. The Balaban J connectivity index is 1.45. The number of carbonyl (C=O) groups excluding carboxylic acids is 3. The van der Waals surface area contributed by atoms with E-state index in [2.05, 4.69) is 10.6 Å². The Morgan fingerprint density at radius 2 is 1.61 bits per heavy atom. The molecule has 212 valence electrons. The fraction of sp³-hybridized carbons (Fsp3) is 0.242. The fourth-order valence-corrected chi connectivity index (χ4v) is 5.30. The molecular formula is C33H34N2O5S. The average Bonchev–Trinajstić information content (AvgIpc) is 3.38. The van der Waals surface area contributed by atoms with E-state index in [0.717, 1.165) is 34.4 Å². The van der Waals surface area contributed by atoms with Crippen LogP contribution >= 0.6 is 11.3 Å². The van der Waals surface area contributed by atoms with Gasteiger partial charge in [0, 0.05) is 22.2 Å². The second-order valence-corrected chi connectivity index (χ2v) is 10.5. The number of nitrogens with one attached hydrogen (secondary N) is 2. The molecule has 7 nitrogen and oxygen atoms in total. The Kier molecular flexibility index (Phi) is 9.57. The van der Waals surface area contributed by atoms with Crippen LogP contribution in [0.4, 0.5) is 10.7 Å². The van der Waals surface area contributed by atoms with Crippen LogP contribution in [0.2, 0.25) is 0 Å². The second-order valence-electron chi connectivity index (χ2n) is 9.63. The molecule has 0 bridgehead atoms. The van der Waals surface area contributed by atoms with Gasteiger partial charge in [0.05, 0.1) is 6.61 Å². The van der Waals surface area contributed by atoms with Crippen LogP contribution in [-0.2, 0) is 16.0 Å². The second kappa shape index (κ2) is 13.3. The highest BCUT2D eigenvalue weighted by molar-refractivity contribution is 7.15. The monoisotopic (exact) mass is 570 g/mol. The number of esters is 1. The van der Waals surface area contributed by atoms with E-state index in [4.69, 9.17) is 9.47 Å². The molecule has 1 atom stereocenters. The van der Waals surface area contributed by atoms with Gasteiger partial charge >= 0.3 is 5.97 Å². The number of hydrogen-bond donors (Lipinski definition) is 2. The van der Waals surface area contributed by atoms with Crippen molar-refractivity contribution in [3.05, 3.63) is 99.9 Å². The molecule has 0 saturated heterocycles. The molecule has 41 heavy (non-hydrogen) atoms. The number of benzene rings is 3. The number of hydrogen-bond acceptors (Lipinski definition) is 6. The minimum atomic E-state index is -0.752. The molecule has 1 aromatic heterocycles. The highest BCUT2D eigenvalue weighted by atomic mass is 32.1. The van der Waals surface area contributed by atoms with E-state index in [1.165, 1.54) is 11.3 Å². The van der Waals surface area contributed by atoms with Crippen molar-refractivity contribution in [2.45, 2.75) is 47.1 Å². The first-order valence-corrected chi connectivity index (χ1v) is 14.4. The maximum atomic E-state index is 13.1. The third-order valence-electron chi connectivity index (χ3n) is 6.65. The Morgan fingerprint density at radius 3 is 2.27 bits per heavy atom. The van der Waals surface area contributed by atoms with Crippen molar-refractivity contribution in [3.8, 4) is 16.9 Å². The Bertz CT molecular complexity index is 1540. The highest BCUT2D eigenvalue weighted by Crippen LogP contribution is 2.36. The number of amides is 2. The average molecular weight is 571 g/mol. The van der Waals surface area contributed by atoms with E-state index in [9.17, 15) is 14.4 Å². The first-order valence-electron chi connectivity index (χ1n) is 13.5. The van der Waals surface area contributed by atoms with E-state index < -0.39 is 12.1 Å². The van der Waals surface area contributed by atoms with Gasteiger partial charge in [-0.05, 0) is 75.1 Å². The molecular weight excluding hydrogens is 536 g/mol. The molecule has 0 radical (unpaired) electrons. The zero-order valence-corrected chi connectivity index (χ0v) is 24.7. The number of para-hydroxylation sites is 1. The number of rotatable bonds is 10. The Hall–Kier alpha value is -4.43. The van der Waals surface area contributed by atoms with Crippen LogP contribution in [0.15, 0.2) is 72.1 Å². The molecule has 0 aliphatic carbocycles. The molecule has 2 N–H and O–H groups in total. The lowest BCUT2D eigenvalue weighted by Crippen LogP contribution is -2.30. The number of anilines is 2. The van der Waals surface area contributed by atoms with Gasteiger partial charge in [0.1, 0.15) is 16.3 Å². The number of thiophene rings is 1. The van der Waals surface area contributed by atoms with Crippen LogP contribution in [0.25, 0.3) is 11.1 Å². The smallest absolute Gasteiger partial charge is 0.341 e. The highest BCUT2D eigenvalue weighted by Gasteiger charge is 2.23. The van der Waals surface area contributed by atoms with Crippen molar-refractivity contribution in [3.63, 3.8) is 0 Å². The number of carbonyl (C=O) groups is 3. The van der Waals surface area contributed by atoms with Crippen molar-refractivity contribution < 1.29 is 23.9 Å². The van der Waals surface area contributed by atoms with Crippen LogP contribution in [0.1, 0.15) is 58.2 Å². The zero-order chi connectivity index (χ0) is 29.5. The predicted molar refractivity (Wildman–Crippen MR) is 164 cm³/mol. The fourth-order valence-electron chi connectivity index (χ4n) is 4.35. The molecule has 8 heteroatoms. The maximum Gasteiger partial charge on any atom is 0.341 e. The van der Waals surface area contributed by atoms with Gasteiger partial charge in [-0.2, -0.15) is 0 Å². The lowest BCUT2D eigenvalue weighted by atomic mass is 10.0. The number of ether oxygens (including phenoxy) is 2. The van der Waals surface area contributed by atoms with E-state index in [-0.39, 0.29) is 18.4 Å². The van der Waals surface area contributed by atoms with E-state index in [1.807, 2.05) is 68.6 Å². The van der Waals surface area contributed by atoms with Gasteiger partial charge in [0.2, 0.25) is 0 Å². The quantitative estimate of drug-likeness (QED) is 0.193. The van der Waals surface area contributed by atoms with Crippen molar-refractivity contribution in [1.82, 2.24) is 0 Å². The number of aryl methyl sites for hydroxylation is 3. The van der Waals surface area contributed by atoms with E-state index >= 15 is 0 Å². The minimum absolute atomic E-state index is 0.220. The SMILES string of the molecule is CCOC(=O)c1c(-c2ccc(C)cc2)csc1NC(=O)c1ccc(OC(C)C(=O)Nc2c(C)cccc2CC)cc1. The molecule has 1 unspecified atom stereocenters. The van der Waals surface area contributed by atoms with Gasteiger partial charge in [-0.15, -0.1) is 11.3 Å². The predicted octanol–water partition coefficient (Wildman–Crippen LogP) is 7.43. The van der Waals surface area contributed by atoms with Crippen LogP contribution in [0.5, 0.6) is 5.75 Å². The van der Waals surface area contributed by atoms with Gasteiger partial charge in [-0.3, -0.25) is 9.59 Å². The molecule has 0 aliphatic heterocycles. The van der Waals surface area contributed by atoms with E-state index in [0.29, 0.717) is 27.4 Å². The summed E-state index contributed by atoms with van der Waals surface area (Å²) in [4.78, 5) is 38.8. The standard InChI is InChI=1S/C33H34N2O5S/c1-6-23-10-8-9-21(4)29(23)34-30(36)22(5)40-26-17-15-25(16-18-26)31(37)35-32-28(33(38)39-7-2)27(19-41-32)24-13-11-20(3)12-14-24/h8-19,22H,6-7H2,1-5H3,(H,34,36)(H,35,37). The van der Waals surface area contributed by atoms with Crippen LogP contribution in [-0.4, -0.2) is 30.5 Å². The lowest BCUT2D eigenvalue weighted by Gasteiger charge is -2.18. The molecule has 1 heterocycles. The largest absolute Gasteiger partial charge is 0.481 e. The Morgan fingerprint density at radius 1 is 0.902 bits per heavy atom. The lowest BCUT2D eigenvalue weighted by molar-refractivity contribution is -0.122. The zero-order valence-electron chi connectivity index (χ0n) is 23.9. The maximum absolute atomic E-state index is 13.1. The van der Waals surface area contributed by atoms with Crippen molar-refractivity contribution in [1.29, 1.82) is 0 Å². The third kappa shape index (κ3) is 7.02. The Labute approximate surface area is 244 Å². The summed E-state index contributed by atoms with van der Waals surface area (Å²) in [5.41, 5.74) is 6.24. The molecule has 2 amide bonds. The van der Waals surface area contributed by atoms with Crippen molar-refractivity contribution in [2.24, 2.45) is 0 Å². The van der Waals surface area contributed by atoms with Gasteiger partial charge in [-0.25, -0.2) is 4.79 Å². The van der Waals surface area contributed by atoms with Gasteiger partial charge in [-0.1, -0.05) is 55.0 Å². The first-order chi connectivity index (χ1) is 19.7. The molecule has 0 saturated carbocycles. The normalized spacial score (nSPS) is 11.4. The van der Waals surface area contributed by atoms with E-state index in [1.54, 1.807) is 38.1 Å². The molecule has 4 rings (SSSR count). The topological polar surface area (TPSA) is 93.7 Å². The summed E-state index contributed by atoms with van der Waals surface area (Å²) in [6.07, 6.45) is 0.0493. The molecule has 0 aliphatic rings. The molecule has 0 fully saturated rings. The summed E-state index contributed by atoms with van der Waals surface area (Å²) in [6, 6.07) is 20.3. The van der Waals surface area contributed by atoms with Crippen molar-refractivity contribution in [2.75, 3.05) is 17.2 Å². The van der Waals surface area contributed by atoms with Gasteiger partial charge in [0.25, 0.3) is 11.8 Å². The molecule has 4 aromatic rings. The van der Waals surface area contributed by atoms with Crippen LogP contribution in [0, 0.1) is 13.8 Å². The minimum Gasteiger partial charge on any atom is -0.481 e.